The first-order chi connectivity index (χ1) is 6.20. The zero-order chi connectivity index (χ0) is 9.47. The Balaban J connectivity index is 2.34. The second kappa shape index (κ2) is 2.97. The Morgan fingerprint density at radius 1 is 1.54 bits per heavy atom. The summed E-state index contributed by atoms with van der Waals surface area (Å²) in [6.45, 7) is 6.23. The second-order valence-electron chi connectivity index (χ2n) is 4.67. The zero-order valence-corrected chi connectivity index (χ0v) is 8.38. The molecule has 0 aliphatic heterocycles. The van der Waals surface area contributed by atoms with Crippen LogP contribution in [0.3, 0.4) is 0 Å². The minimum atomic E-state index is 0.176. The third-order valence-electron chi connectivity index (χ3n) is 4.26. The normalized spacial score (nSPS) is 44.5. The van der Waals surface area contributed by atoms with Crippen molar-refractivity contribution in [1.29, 1.82) is 0 Å². The highest BCUT2D eigenvalue weighted by atomic mass is 16.1. The smallest absolute Gasteiger partial charge is 0.136 e. The van der Waals surface area contributed by atoms with Gasteiger partial charge in [-0.3, -0.25) is 4.79 Å². The van der Waals surface area contributed by atoms with Gasteiger partial charge in [0, 0.05) is 17.8 Å². The lowest BCUT2D eigenvalue weighted by atomic mass is 9.64. The lowest BCUT2D eigenvalue weighted by molar-refractivity contribution is -0.128. The molecule has 1 heteroatoms. The van der Waals surface area contributed by atoms with Gasteiger partial charge >= 0.3 is 0 Å². The molecule has 2 fully saturated rings. The predicted octanol–water partition coefficient (Wildman–Crippen LogP) is 2.96. The van der Waals surface area contributed by atoms with Crippen molar-refractivity contribution in [2.24, 2.45) is 17.3 Å². The van der Waals surface area contributed by atoms with Crippen molar-refractivity contribution in [2.75, 3.05) is 0 Å². The first-order valence-electron chi connectivity index (χ1n) is 5.37. The molecule has 3 atom stereocenters. The van der Waals surface area contributed by atoms with Crippen molar-refractivity contribution >= 4 is 5.78 Å². The molecule has 13 heavy (non-hydrogen) atoms. The molecule has 2 aliphatic carbocycles. The quantitative estimate of drug-likeness (QED) is 0.564. The average molecular weight is 178 g/mol. The molecule has 0 spiro atoms. The van der Waals surface area contributed by atoms with Crippen molar-refractivity contribution in [3.8, 4) is 0 Å². The molecular formula is C12H18O. The van der Waals surface area contributed by atoms with Gasteiger partial charge in [0.05, 0.1) is 0 Å². The molecule has 0 saturated heterocycles. The third-order valence-corrected chi connectivity index (χ3v) is 4.26. The molecule has 0 radical (unpaired) electrons. The van der Waals surface area contributed by atoms with E-state index in [4.69, 9.17) is 0 Å². The van der Waals surface area contributed by atoms with Crippen molar-refractivity contribution in [3.63, 3.8) is 0 Å². The van der Waals surface area contributed by atoms with Gasteiger partial charge in [-0.1, -0.05) is 13.0 Å². The molecule has 0 unspecified atom stereocenters. The van der Waals surface area contributed by atoms with Gasteiger partial charge in [0.25, 0.3) is 0 Å². The van der Waals surface area contributed by atoms with Crippen LogP contribution < -0.4 is 0 Å². The predicted molar refractivity (Wildman–Crippen MR) is 53.4 cm³/mol. The van der Waals surface area contributed by atoms with Crippen molar-refractivity contribution in [1.82, 2.24) is 0 Å². The van der Waals surface area contributed by atoms with E-state index < -0.39 is 0 Å². The molecule has 0 amide bonds. The molecule has 1 nitrogen and oxygen atoms in total. The van der Waals surface area contributed by atoms with E-state index in [1.807, 2.05) is 0 Å². The van der Waals surface area contributed by atoms with E-state index >= 15 is 0 Å². The number of carbonyl (C=O) groups excluding carboxylic acids is 1. The number of fused-ring (bicyclic) bond motifs is 1. The van der Waals surface area contributed by atoms with E-state index in [-0.39, 0.29) is 5.41 Å². The summed E-state index contributed by atoms with van der Waals surface area (Å²) < 4.78 is 0. The maximum absolute atomic E-state index is 11.7. The molecular weight excluding hydrogens is 160 g/mol. The third kappa shape index (κ3) is 1.09. The number of carbonyl (C=O) groups is 1. The Hall–Kier alpha value is -0.590. The van der Waals surface area contributed by atoms with Crippen LogP contribution in [0.5, 0.6) is 0 Å². The minimum absolute atomic E-state index is 0.176. The minimum Gasteiger partial charge on any atom is -0.299 e. The van der Waals surface area contributed by atoms with Crippen LogP contribution in [0.2, 0.25) is 0 Å². The van der Waals surface area contributed by atoms with E-state index in [2.05, 4.69) is 19.6 Å². The van der Waals surface area contributed by atoms with E-state index in [1.165, 1.54) is 12.8 Å². The van der Waals surface area contributed by atoms with Crippen molar-refractivity contribution < 1.29 is 4.79 Å². The number of hydrogen-bond donors (Lipinski definition) is 0. The maximum atomic E-state index is 11.7. The summed E-state index contributed by atoms with van der Waals surface area (Å²) in [7, 11) is 0. The van der Waals surface area contributed by atoms with Crippen molar-refractivity contribution in [2.45, 2.75) is 39.0 Å². The van der Waals surface area contributed by atoms with Crippen LogP contribution >= 0.6 is 0 Å². The van der Waals surface area contributed by atoms with Crippen LogP contribution in [0.4, 0.5) is 0 Å². The van der Waals surface area contributed by atoms with Crippen LogP contribution in [-0.4, -0.2) is 5.78 Å². The molecule has 0 aromatic heterocycles. The Morgan fingerprint density at radius 2 is 2.31 bits per heavy atom. The summed E-state index contributed by atoms with van der Waals surface area (Å²) in [6, 6.07) is 0. The SMILES string of the molecule is C=C[C@]12CCCC(=O)[C@@H]1CC[C@@H]2C. The molecule has 2 aliphatic rings. The van der Waals surface area contributed by atoms with Crippen LogP contribution in [0.25, 0.3) is 0 Å². The van der Waals surface area contributed by atoms with Gasteiger partial charge < -0.3 is 0 Å². The fourth-order valence-electron chi connectivity index (χ4n) is 3.37. The van der Waals surface area contributed by atoms with Crippen LogP contribution in [-0.2, 0) is 4.79 Å². The summed E-state index contributed by atoms with van der Waals surface area (Å²) >= 11 is 0. The summed E-state index contributed by atoms with van der Waals surface area (Å²) in [5, 5.41) is 0. The van der Waals surface area contributed by atoms with Gasteiger partial charge in [0.15, 0.2) is 0 Å². The molecule has 0 N–H and O–H groups in total. The lowest BCUT2D eigenvalue weighted by Gasteiger charge is -2.39. The van der Waals surface area contributed by atoms with Crippen LogP contribution in [0.15, 0.2) is 12.7 Å². The van der Waals surface area contributed by atoms with Gasteiger partial charge in [0.1, 0.15) is 5.78 Å². The van der Waals surface area contributed by atoms with Gasteiger partial charge in [-0.05, 0) is 31.6 Å². The lowest BCUT2D eigenvalue weighted by Crippen LogP contribution is -2.37. The molecule has 0 heterocycles. The summed E-state index contributed by atoms with van der Waals surface area (Å²) in [5.74, 6) is 1.48. The largest absolute Gasteiger partial charge is 0.299 e. The van der Waals surface area contributed by atoms with Crippen LogP contribution in [0.1, 0.15) is 39.0 Å². The average Bonchev–Trinajstić information content (AvgIpc) is 2.46. The van der Waals surface area contributed by atoms with E-state index in [9.17, 15) is 4.79 Å². The van der Waals surface area contributed by atoms with Gasteiger partial charge in [-0.15, -0.1) is 6.58 Å². The molecule has 0 aromatic rings. The highest BCUT2D eigenvalue weighted by Gasteiger charge is 2.50. The fraction of sp³-hybridized carbons (Fsp3) is 0.750. The topological polar surface area (TPSA) is 17.1 Å². The summed E-state index contributed by atoms with van der Waals surface area (Å²) in [6.07, 6.45) is 7.47. The monoisotopic (exact) mass is 178 g/mol. The second-order valence-corrected chi connectivity index (χ2v) is 4.67. The molecule has 2 saturated carbocycles. The first kappa shape index (κ1) is 8.98. The van der Waals surface area contributed by atoms with E-state index in [0.717, 1.165) is 19.3 Å². The Morgan fingerprint density at radius 3 is 2.92 bits per heavy atom. The summed E-state index contributed by atoms with van der Waals surface area (Å²) in [4.78, 5) is 11.7. The van der Waals surface area contributed by atoms with E-state index in [0.29, 0.717) is 17.6 Å². The van der Waals surface area contributed by atoms with Gasteiger partial charge in [-0.25, -0.2) is 0 Å². The Labute approximate surface area is 80.2 Å². The molecule has 72 valence electrons. The van der Waals surface area contributed by atoms with Crippen molar-refractivity contribution in [3.05, 3.63) is 12.7 Å². The Kier molecular flexibility index (Phi) is 2.05. The highest BCUT2D eigenvalue weighted by molar-refractivity contribution is 5.83. The summed E-state index contributed by atoms with van der Waals surface area (Å²) in [5.41, 5.74) is 0.176. The van der Waals surface area contributed by atoms with E-state index in [1.54, 1.807) is 0 Å². The highest BCUT2D eigenvalue weighted by Crippen LogP contribution is 2.54. The van der Waals surface area contributed by atoms with Gasteiger partial charge in [-0.2, -0.15) is 0 Å². The fourth-order valence-corrected chi connectivity index (χ4v) is 3.37. The maximum Gasteiger partial charge on any atom is 0.136 e. The molecule has 0 aromatic carbocycles. The standard InChI is InChI=1S/C12H18O/c1-3-12-8-4-5-11(13)10(12)7-6-9(12)2/h3,9-10H,1,4-8H2,2H3/t9-,10-,12+/m0/s1. The molecule has 2 rings (SSSR count). The van der Waals surface area contributed by atoms with Crippen LogP contribution in [0, 0.1) is 17.3 Å². The van der Waals surface area contributed by atoms with Gasteiger partial charge in [0.2, 0.25) is 0 Å². The number of ketones is 1. The first-order valence-corrected chi connectivity index (χ1v) is 5.37. The Bertz CT molecular complexity index is 244. The number of allylic oxidation sites excluding steroid dienone is 1. The number of rotatable bonds is 1. The zero-order valence-electron chi connectivity index (χ0n) is 8.38. The number of Topliss-reactive ketones (excluding diaryl/α,β-unsaturated/α-hetero) is 1. The molecule has 0 bridgehead atoms. The number of hydrogen-bond acceptors (Lipinski definition) is 1.